The zero-order chi connectivity index (χ0) is 15.2. The van der Waals surface area contributed by atoms with Crippen LogP contribution in [0.1, 0.15) is 26.2 Å². The van der Waals surface area contributed by atoms with Crippen LogP contribution in [0, 0.1) is 0 Å². The number of carbonyl (C=O) groups excluding carboxylic acids is 1. The molecule has 1 aromatic carbocycles. The maximum absolute atomic E-state index is 11.9. The summed E-state index contributed by atoms with van der Waals surface area (Å²) in [6.07, 6.45) is 2.52. The molecule has 0 saturated carbocycles. The van der Waals surface area contributed by atoms with Gasteiger partial charge >= 0.3 is 0 Å². The number of amides is 1. The first kappa shape index (κ1) is 15.7. The van der Waals surface area contributed by atoms with Gasteiger partial charge in [-0.05, 0) is 51.2 Å². The number of fused-ring (bicyclic) bond motifs is 1. The van der Waals surface area contributed by atoms with Gasteiger partial charge in [0, 0.05) is 12.1 Å². The molecule has 0 bridgehead atoms. The molecule has 6 heteroatoms. The van der Waals surface area contributed by atoms with Gasteiger partial charge in [-0.15, -0.1) is 0 Å². The summed E-state index contributed by atoms with van der Waals surface area (Å²) in [6, 6.07) is 5.57. The van der Waals surface area contributed by atoms with Crippen LogP contribution >= 0.6 is 11.3 Å². The molecule has 0 radical (unpaired) electrons. The molecule has 5 nitrogen and oxygen atoms in total. The SMILES string of the molecule is CCCN(C)CCCC(=O)Nc1nc2ccc(N)cc2s1. The molecule has 2 rings (SSSR count). The standard InChI is InChI=1S/C15H22N4OS/c1-3-8-19(2)9-4-5-14(20)18-15-17-12-7-6-11(16)10-13(12)21-15/h6-7,10H,3-5,8-9,16H2,1-2H3,(H,17,18,20). The molecule has 1 amide bonds. The van der Waals surface area contributed by atoms with Crippen molar-refractivity contribution in [3.8, 4) is 0 Å². The smallest absolute Gasteiger partial charge is 0.226 e. The molecule has 0 saturated heterocycles. The van der Waals surface area contributed by atoms with Crippen LogP contribution < -0.4 is 11.1 Å². The Balaban J connectivity index is 1.84. The Morgan fingerprint density at radius 2 is 2.24 bits per heavy atom. The number of hydrogen-bond acceptors (Lipinski definition) is 5. The number of aromatic nitrogens is 1. The molecular formula is C15H22N4OS. The molecule has 0 fully saturated rings. The summed E-state index contributed by atoms with van der Waals surface area (Å²) in [7, 11) is 2.08. The van der Waals surface area contributed by atoms with Crippen LogP contribution in [-0.4, -0.2) is 35.9 Å². The van der Waals surface area contributed by atoms with Gasteiger partial charge in [-0.2, -0.15) is 0 Å². The lowest BCUT2D eigenvalue weighted by atomic mass is 10.3. The Kier molecular flexibility index (Phi) is 5.52. The van der Waals surface area contributed by atoms with Gasteiger partial charge in [0.05, 0.1) is 10.2 Å². The number of carbonyl (C=O) groups is 1. The van der Waals surface area contributed by atoms with E-state index in [1.807, 2.05) is 18.2 Å². The number of benzene rings is 1. The quantitative estimate of drug-likeness (QED) is 0.772. The average molecular weight is 306 g/mol. The minimum Gasteiger partial charge on any atom is -0.399 e. The highest BCUT2D eigenvalue weighted by molar-refractivity contribution is 7.22. The first-order chi connectivity index (χ1) is 10.1. The van der Waals surface area contributed by atoms with Crippen molar-refractivity contribution in [2.24, 2.45) is 0 Å². The van der Waals surface area contributed by atoms with E-state index in [0.717, 1.165) is 36.1 Å². The monoisotopic (exact) mass is 306 g/mol. The lowest BCUT2D eigenvalue weighted by Crippen LogP contribution is -2.22. The molecule has 0 unspecified atom stereocenters. The van der Waals surface area contributed by atoms with Crippen molar-refractivity contribution in [3.63, 3.8) is 0 Å². The maximum atomic E-state index is 11.9. The zero-order valence-electron chi connectivity index (χ0n) is 12.6. The Morgan fingerprint density at radius 3 is 3.00 bits per heavy atom. The third kappa shape index (κ3) is 4.68. The van der Waals surface area contributed by atoms with Crippen LogP contribution in [-0.2, 0) is 4.79 Å². The number of nitrogen functional groups attached to an aromatic ring is 1. The zero-order valence-corrected chi connectivity index (χ0v) is 13.4. The summed E-state index contributed by atoms with van der Waals surface area (Å²) >= 11 is 1.45. The molecule has 0 aliphatic heterocycles. The van der Waals surface area contributed by atoms with E-state index in [1.165, 1.54) is 11.3 Å². The molecule has 0 atom stereocenters. The highest BCUT2D eigenvalue weighted by Gasteiger charge is 2.08. The normalized spacial score (nSPS) is 11.2. The Morgan fingerprint density at radius 1 is 1.43 bits per heavy atom. The van der Waals surface area contributed by atoms with Gasteiger partial charge in [-0.25, -0.2) is 4.98 Å². The first-order valence-corrected chi connectivity index (χ1v) is 8.04. The maximum Gasteiger partial charge on any atom is 0.226 e. The van der Waals surface area contributed by atoms with Gasteiger partial charge in [0.25, 0.3) is 0 Å². The van der Waals surface area contributed by atoms with Gasteiger partial charge in [-0.1, -0.05) is 18.3 Å². The second-order valence-electron chi connectivity index (χ2n) is 5.20. The highest BCUT2D eigenvalue weighted by Crippen LogP contribution is 2.27. The van der Waals surface area contributed by atoms with E-state index in [4.69, 9.17) is 5.73 Å². The largest absolute Gasteiger partial charge is 0.399 e. The molecule has 0 aliphatic carbocycles. The van der Waals surface area contributed by atoms with Gasteiger partial charge in [0.1, 0.15) is 0 Å². The van der Waals surface area contributed by atoms with Gasteiger partial charge < -0.3 is 16.0 Å². The molecule has 0 aliphatic rings. The Bertz CT molecular complexity index is 611. The highest BCUT2D eigenvalue weighted by atomic mass is 32.1. The number of anilines is 2. The molecule has 0 spiro atoms. The number of thiazole rings is 1. The second kappa shape index (κ2) is 7.38. The fraction of sp³-hybridized carbons (Fsp3) is 0.467. The van der Waals surface area contributed by atoms with E-state index in [0.29, 0.717) is 17.2 Å². The van der Waals surface area contributed by atoms with Gasteiger partial charge in [0.15, 0.2) is 5.13 Å². The van der Waals surface area contributed by atoms with Crippen LogP contribution in [0.3, 0.4) is 0 Å². The van der Waals surface area contributed by atoms with E-state index in [9.17, 15) is 4.79 Å². The van der Waals surface area contributed by atoms with Crippen molar-refractivity contribution in [2.75, 3.05) is 31.2 Å². The number of nitrogens with one attached hydrogen (secondary N) is 1. The molecule has 114 valence electrons. The number of nitrogens with zero attached hydrogens (tertiary/aromatic N) is 2. The number of hydrogen-bond donors (Lipinski definition) is 2. The predicted molar refractivity (Wildman–Crippen MR) is 89.7 cm³/mol. The predicted octanol–water partition coefficient (Wildman–Crippen LogP) is 2.94. The summed E-state index contributed by atoms with van der Waals surface area (Å²) in [5.74, 6) is 0.0203. The minimum absolute atomic E-state index is 0.0203. The summed E-state index contributed by atoms with van der Waals surface area (Å²) in [5.41, 5.74) is 7.32. The third-order valence-electron chi connectivity index (χ3n) is 3.21. The van der Waals surface area contributed by atoms with Crippen molar-refractivity contribution in [3.05, 3.63) is 18.2 Å². The summed E-state index contributed by atoms with van der Waals surface area (Å²) in [5, 5.41) is 3.51. The van der Waals surface area contributed by atoms with E-state index >= 15 is 0 Å². The van der Waals surface area contributed by atoms with E-state index in [-0.39, 0.29) is 5.91 Å². The van der Waals surface area contributed by atoms with Crippen molar-refractivity contribution >= 4 is 38.3 Å². The van der Waals surface area contributed by atoms with Crippen LogP contribution in [0.25, 0.3) is 10.2 Å². The van der Waals surface area contributed by atoms with Crippen molar-refractivity contribution < 1.29 is 4.79 Å². The van der Waals surface area contributed by atoms with Crippen LogP contribution in [0.4, 0.5) is 10.8 Å². The lowest BCUT2D eigenvalue weighted by Gasteiger charge is -2.14. The topological polar surface area (TPSA) is 71.2 Å². The van der Waals surface area contributed by atoms with Crippen molar-refractivity contribution in [1.29, 1.82) is 0 Å². The number of rotatable bonds is 7. The third-order valence-corrected chi connectivity index (χ3v) is 4.14. The molecule has 1 heterocycles. The van der Waals surface area contributed by atoms with E-state index in [1.54, 1.807) is 0 Å². The number of nitrogens with two attached hydrogens (primary N) is 1. The first-order valence-electron chi connectivity index (χ1n) is 7.23. The summed E-state index contributed by atoms with van der Waals surface area (Å²) in [4.78, 5) is 18.5. The van der Waals surface area contributed by atoms with Gasteiger partial charge in [-0.3, -0.25) is 4.79 Å². The van der Waals surface area contributed by atoms with Crippen LogP contribution in [0.5, 0.6) is 0 Å². The van der Waals surface area contributed by atoms with E-state index in [2.05, 4.69) is 29.2 Å². The second-order valence-corrected chi connectivity index (χ2v) is 6.23. The average Bonchev–Trinajstić information content (AvgIpc) is 2.80. The van der Waals surface area contributed by atoms with Gasteiger partial charge in [0.2, 0.25) is 5.91 Å². The summed E-state index contributed by atoms with van der Waals surface area (Å²) < 4.78 is 0.993. The molecule has 2 aromatic rings. The van der Waals surface area contributed by atoms with Crippen LogP contribution in [0.15, 0.2) is 18.2 Å². The van der Waals surface area contributed by atoms with Crippen molar-refractivity contribution in [2.45, 2.75) is 26.2 Å². The minimum atomic E-state index is 0.0203. The fourth-order valence-electron chi connectivity index (χ4n) is 2.18. The molecule has 21 heavy (non-hydrogen) atoms. The Hall–Kier alpha value is -1.66. The Labute approximate surface area is 129 Å². The summed E-state index contributed by atoms with van der Waals surface area (Å²) in [6.45, 7) is 4.17. The molecule has 3 N–H and O–H groups in total. The van der Waals surface area contributed by atoms with E-state index < -0.39 is 0 Å². The van der Waals surface area contributed by atoms with Crippen molar-refractivity contribution in [1.82, 2.24) is 9.88 Å². The van der Waals surface area contributed by atoms with Crippen LogP contribution in [0.2, 0.25) is 0 Å². The fourth-order valence-corrected chi connectivity index (χ4v) is 3.11. The molecular weight excluding hydrogens is 284 g/mol. The molecule has 1 aromatic heterocycles. The lowest BCUT2D eigenvalue weighted by molar-refractivity contribution is -0.116.